The lowest BCUT2D eigenvalue weighted by atomic mass is 9.87. The van der Waals surface area contributed by atoms with Crippen molar-refractivity contribution in [3.8, 4) is 11.5 Å². The molecule has 1 aliphatic rings. The van der Waals surface area contributed by atoms with Crippen molar-refractivity contribution in [2.24, 2.45) is 0 Å². The van der Waals surface area contributed by atoms with Crippen LogP contribution >= 0.6 is 0 Å². The first-order valence-electron chi connectivity index (χ1n) is 8.30. The third-order valence-electron chi connectivity index (χ3n) is 5.23. The van der Waals surface area contributed by atoms with E-state index in [0.717, 1.165) is 10.8 Å². The number of hydrogen-bond acceptors (Lipinski definition) is 4. The maximum absolute atomic E-state index is 13.4. The molecular formula is C15H14F9N5O. The quantitative estimate of drug-likeness (QED) is 0.705. The zero-order chi connectivity index (χ0) is 23.1. The second-order valence-corrected chi connectivity index (χ2v) is 7.33. The van der Waals surface area contributed by atoms with E-state index in [1.807, 2.05) is 0 Å². The van der Waals surface area contributed by atoms with Crippen LogP contribution in [0.4, 0.5) is 39.5 Å². The van der Waals surface area contributed by atoms with Crippen LogP contribution in [0.2, 0.25) is 0 Å². The minimum absolute atomic E-state index is 0.0826. The molecule has 0 amide bonds. The summed E-state index contributed by atoms with van der Waals surface area (Å²) < 4.78 is 122. The largest absolute Gasteiger partial charge is 0.424 e. The molecule has 168 valence electrons. The number of rotatable bonds is 2. The smallest absolute Gasteiger partial charge is 0.374 e. The molecule has 0 aliphatic carbocycles. The van der Waals surface area contributed by atoms with Crippen molar-refractivity contribution in [3.05, 3.63) is 17.8 Å². The van der Waals surface area contributed by atoms with Gasteiger partial charge in [-0.15, -0.1) is 10.2 Å². The number of fused-ring (bicyclic) bond motifs is 3. The molecule has 0 spiro atoms. The minimum atomic E-state index is -5.78. The van der Waals surface area contributed by atoms with Gasteiger partial charge in [0, 0.05) is 6.54 Å². The Morgan fingerprint density at radius 3 is 1.90 bits per heavy atom. The summed E-state index contributed by atoms with van der Waals surface area (Å²) in [6.07, 6.45) is -15.9. The van der Waals surface area contributed by atoms with Crippen molar-refractivity contribution in [1.82, 2.24) is 24.3 Å². The molecule has 2 aromatic rings. The highest BCUT2D eigenvalue weighted by Gasteiger charge is 2.71. The summed E-state index contributed by atoms with van der Waals surface area (Å²) in [5.41, 5.74) is -8.09. The second kappa shape index (κ2) is 6.11. The standard InChI is InChI=1S/C15H14F9N5O/c1-6-5-28-8(7-4-25-10(29(6)7)12(3,30)15(22,23)24)26-27-9(28)11(2,13(16,17)18)14(19,20)21/h4,6,30H,5H2,1-3H3/t6-,12+/m0/s1. The Morgan fingerprint density at radius 2 is 1.43 bits per heavy atom. The molecule has 0 radical (unpaired) electrons. The van der Waals surface area contributed by atoms with Crippen LogP contribution in [0.1, 0.15) is 38.5 Å². The monoisotopic (exact) mass is 451 g/mol. The molecule has 0 unspecified atom stereocenters. The average molecular weight is 451 g/mol. The van der Waals surface area contributed by atoms with E-state index in [1.165, 1.54) is 6.92 Å². The van der Waals surface area contributed by atoms with Crippen LogP contribution in [0.15, 0.2) is 6.20 Å². The normalized spacial score (nSPS) is 20.0. The van der Waals surface area contributed by atoms with Crippen molar-refractivity contribution in [2.45, 2.75) is 62.9 Å². The van der Waals surface area contributed by atoms with E-state index in [0.29, 0.717) is 11.5 Å². The maximum atomic E-state index is 13.4. The molecule has 0 bridgehead atoms. The maximum Gasteiger partial charge on any atom is 0.424 e. The highest BCUT2D eigenvalue weighted by Crippen LogP contribution is 2.52. The fourth-order valence-corrected chi connectivity index (χ4v) is 3.25. The number of imidazole rings is 1. The molecule has 3 rings (SSSR count). The highest BCUT2D eigenvalue weighted by atomic mass is 19.4. The van der Waals surface area contributed by atoms with Gasteiger partial charge < -0.3 is 14.2 Å². The third kappa shape index (κ3) is 2.80. The number of aliphatic hydroxyl groups is 1. The number of nitrogens with zero attached hydrogens (tertiary/aromatic N) is 5. The molecule has 1 N–H and O–H groups in total. The molecule has 0 saturated heterocycles. The number of hydrogen-bond donors (Lipinski definition) is 1. The van der Waals surface area contributed by atoms with Gasteiger partial charge in [-0.3, -0.25) is 0 Å². The Morgan fingerprint density at radius 1 is 0.900 bits per heavy atom. The van der Waals surface area contributed by atoms with Gasteiger partial charge in [-0.2, -0.15) is 39.5 Å². The van der Waals surface area contributed by atoms with Gasteiger partial charge >= 0.3 is 18.5 Å². The lowest BCUT2D eigenvalue weighted by Crippen LogP contribution is -2.53. The minimum Gasteiger partial charge on any atom is -0.374 e. The van der Waals surface area contributed by atoms with Gasteiger partial charge in [0.05, 0.1) is 12.2 Å². The molecule has 0 fully saturated rings. The van der Waals surface area contributed by atoms with Crippen LogP contribution in [0.5, 0.6) is 0 Å². The van der Waals surface area contributed by atoms with Crippen LogP contribution < -0.4 is 0 Å². The highest BCUT2D eigenvalue weighted by molar-refractivity contribution is 5.53. The summed E-state index contributed by atoms with van der Waals surface area (Å²) >= 11 is 0. The first-order valence-corrected chi connectivity index (χ1v) is 8.30. The molecule has 1 aliphatic heterocycles. The van der Waals surface area contributed by atoms with E-state index >= 15 is 0 Å². The average Bonchev–Trinajstić information content (AvgIpc) is 3.15. The Labute approximate surface area is 162 Å². The van der Waals surface area contributed by atoms with Crippen molar-refractivity contribution in [2.75, 3.05) is 0 Å². The van der Waals surface area contributed by atoms with Crippen molar-refractivity contribution < 1.29 is 44.6 Å². The van der Waals surface area contributed by atoms with E-state index < -0.39 is 59.6 Å². The molecule has 2 atom stereocenters. The molecule has 0 saturated carbocycles. The first-order chi connectivity index (χ1) is 13.4. The third-order valence-corrected chi connectivity index (χ3v) is 5.23. The molecule has 6 nitrogen and oxygen atoms in total. The molecule has 3 heterocycles. The van der Waals surface area contributed by atoms with Crippen LogP contribution in [0.3, 0.4) is 0 Å². The SMILES string of the molecule is C[C@H]1Cn2c(nnc2C(C)(C(F)(F)F)C(F)(F)F)-c2cnc([C@@](C)(O)C(F)(F)F)n21. The van der Waals surface area contributed by atoms with Crippen LogP contribution in [-0.2, 0) is 17.6 Å². The summed E-state index contributed by atoms with van der Waals surface area (Å²) in [7, 11) is 0. The number of aromatic nitrogens is 5. The summed E-state index contributed by atoms with van der Waals surface area (Å²) in [6, 6.07) is -1.10. The summed E-state index contributed by atoms with van der Waals surface area (Å²) in [4.78, 5) is 3.52. The predicted molar refractivity (Wildman–Crippen MR) is 81.0 cm³/mol. The number of halogens is 9. The van der Waals surface area contributed by atoms with Crippen LogP contribution in [0, 0.1) is 0 Å². The van der Waals surface area contributed by atoms with Crippen LogP contribution in [-0.4, -0.2) is 48.0 Å². The zero-order valence-electron chi connectivity index (χ0n) is 15.4. The summed E-state index contributed by atoms with van der Waals surface area (Å²) in [5, 5.41) is 16.4. The molecule has 15 heteroatoms. The van der Waals surface area contributed by atoms with Crippen LogP contribution in [0.25, 0.3) is 11.5 Å². The van der Waals surface area contributed by atoms with Crippen molar-refractivity contribution in [3.63, 3.8) is 0 Å². The predicted octanol–water partition coefficient (Wildman–Crippen LogP) is 3.87. The molecule has 30 heavy (non-hydrogen) atoms. The second-order valence-electron chi connectivity index (χ2n) is 7.33. The van der Waals surface area contributed by atoms with Gasteiger partial charge in [-0.1, -0.05) is 0 Å². The summed E-state index contributed by atoms with van der Waals surface area (Å²) in [5.74, 6) is -2.84. The number of alkyl halides is 9. The van der Waals surface area contributed by atoms with Gasteiger partial charge in [0.1, 0.15) is 5.69 Å². The Kier molecular flexibility index (Phi) is 4.55. The van der Waals surface area contributed by atoms with Gasteiger partial charge in [0.25, 0.3) is 0 Å². The summed E-state index contributed by atoms with van der Waals surface area (Å²) in [6.45, 7) is 1.00. The van der Waals surface area contributed by atoms with E-state index in [-0.39, 0.29) is 12.6 Å². The van der Waals surface area contributed by atoms with E-state index in [4.69, 9.17) is 0 Å². The van der Waals surface area contributed by atoms with Gasteiger partial charge in [0.15, 0.2) is 17.5 Å². The Bertz CT molecular complexity index is 953. The van der Waals surface area contributed by atoms with Gasteiger partial charge in [-0.05, 0) is 20.8 Å². The van der Waals surface area contributed by atoms with E-state index in [1.54, 1.807) is 0 Å². The topological polar surface area (TPSA) is 68.8 Å². The fraction of sp³-hybridized carbons (Fsp3) is 0.667. The molecular weight excluding hydrogens is 437 g/mol. The Balaban J connectivity index is 2.24. The Hall–Kier alpha value is -2.32. The fourth-order valence-electron chi connectivity index (χ4n) is 3.25. The van der Waals surface area contributed by atoms with E-state index in [9.17, 15) is 44.6 Å². The van der Waals surface area contributed by atoms with Crippen molar-refractivity contribution in [1.29, 1.82) is 0 Å². The van der Waals surface area contributed by atoms with Gasteiger partial charge in [0.2, 0.25) is 11.0 Å². The van der Waals surface area contributed by atoms with E-state index in [2.05, 4.69) is 15.2 Å². The first kappa shape index (κ1) is 22.4. The molecule has 0 aromatic carbocycles. The van der Waals surface area contributed by atoms with Gasteiger partial charge in [-0.25, -0.2) is 4.98 Å². The van der Waals surface area contributed by atoms with Crippen molar-refractivity contribution >= 4 is 0 Å². The lowest BCUT2D eigenvalue weighted by Gasteiger charge is -2.35. The lowest BCUT2D eigenvalue weighted by molar-refractivity contribution is -0.300. The molecule has 2 aromatic heterocycles. The zero-order valence-corrected chi connectivity index (χ0v) is 15.4.